The van der Waals surface area contributed by atoms with Gasteiger partial charge in [-0.05, 0) is 17.2 Å². The molecule has 1 amide bonds. The van der Waals surface area contributed by atoms with Crippen LogP contribution in [0.25, 0.3) is 11.1 Å². The van der Waals surface area contributed by atoms with Crippen molar-refractivity contribution in [3.05, 3.63) is 59.9 Å². The van der Waals surface area contributed by atoms with Crippen molar-refractivity contribution in [2.45, 2.75) is 37.5 Å². The van der Waals surface area contributed by atoms with Crippen LogP contribution in [-0.4, -0.2) is 53.9 Å². The van der Waals surface area contributed by atoms with E-state index in [2.05, 4.69) is 5.32 Å². The van der Waals surface area contributed by atoms with Crippen LogP contribution in [0.5, 0.6) is 0 Å². The number of carbonyl (C=O) groups is 1. The van der Waals surface area contributed by atoms with Gasteiger partial charge in [0, 0.05) is 43.6 Å². The molecular weight excluding hydrogens is 400 g/mol. The third-order valence-electron chi connectivity index (χ3n) is 5.56. The molecule has 4 nitrogen and oxygen atoms in total. The van der Waals surface area contributed by atoms with Gasteiger partial charge in [-0.2, -0.15) is 13.2 Å². The van der Waals surface area contributed by atoms with Crippen LogP contribution < -0.4 is 5.32 Å². The van der Waals surface area contributed by atoms with Crippen molar-refractivity contribution >= 4 is 5.91 Å². The topological polar surface area (TPSA) is 52.6 Å². The lowest BCUT2D eigenvalue weighted by atomic mass is 9.74. The minimum absolute atomic E-state index is 0.184. The van der Waals surface area contributed by atoms with Crippen molar-refractivity contribution < 1.29 is 27.5 Å². The van der Waals surface area contributed by atoms with Crippen LogP contribution in [0.15, 0.2) is 48.5 Å². The smallest absolute Gasteiger partial charge is 0.390 e. The largest absolute Gasteiger partial charge is 0.395 e. The molecule has 1 aliphatic heterocycles. The molecule has 0 bridgehead atoms. The number of alkyl halides is 3. The molecule has 3 rings (SSSR count). The Morgan fingerprint density at radius 1 is 1.10 bits per heavy atom. The molecular formula is C22H24F4N2O2. The second-order valence-electron chi connectivity index (χ2n) is 7.48. The molecule has 8 heteroatoms. The first-order chi connectivity index (χ1) is 14.2. The minimum atomic E-state index is -4.30. The van der Waals surface area contributed by atoms with Gasteiger partial charge in [-0.25, -0.2) is 4.39 Å². The average Bonchev–Trinajstić information content (AvgIpc) is 2.67. The molecule has 162 valence electrons. The van der Waals surface area contributed by atoms with Crippen LogP contribution in [0.2, 0.25) is 0 Å². The first-order valence-electron chi connectivity index (χ1n) is 9.74. The van der Waals surface area contributed by atoms with Crippen molar-refractivity contribution in [1.82, 2.24) is 10.2 Å². The van der Waals surface area contributed by atoms with Crippen LogP contribution in [-0.2, 0) is 4.79 Å². The molecule has 0 radical (unpaired) electrons. The summed E-state index contributed by atoms with van der Waals surface area (Å²) in [6, 6.07) is 12.7. The molecule has 0 unspecified atom stereocenters. The van der Waals surface area contributed by atoms with E-state index in [4.69, 9.17) is 0 Å². The summed E-state index contributed by atoms with van der Waals surface area (Å²) in [5.41, 5.74) is 1.97. The number of aliphatic hydroxyl groups is 1. The highest BCUT2D eigenvalue weighted by molar-refractivity contribution is 5.72. The molecule has 2 N–H and O–H groups in total. The zero-order valence-corrected chi connectivity index (χ0v) is 16.5. The summed E-state index contributed by atoms with van der Waals surface area (Å²) >= 11 is 0. The van der Waals surface area contributed by atoms with E-state index in [0.29, 0.717) is 11.1 Å². The van der Waals surface area contributed by atoms with Crippen molar-refractivity contribution in [2.75, 3.05) is 19.7 Å². The van der Waals surface area contributed by atoms with E-state index in [9.17, 15) is 27.5 Å². The summed E-state index contributed by atoms with van der Waals surface area (Å²) in [4.78, 5) is 12.9. The molecule has 0 saturated carbocycles. The van der Waals surface area contributed by atoms with E-state index in [1.165, 1.54) is 13.0 Å². The van der Waals surface area contributed by atoms with Gasteiger partial charge in [0.15, 0.2) is 0 Å². The normalized spacial score (nSPS) is 21.9. The van der Waals surface area contributed by atoms with Gasteiger partial charge in [0.1, 0.15) is 5.82 Å². The van der Waals surface area contributed by atoms with Gasteiger partial charge in [-0.15, -0.1) is 0 Å². The fourth-order valence-corrected chi connectivity index (χ4v) is 4.14. The maximum Gasteiger partial charge on any atom is 0.390 e. The summed E-state index contributed by atoms with van der Waals surface area (Å²) in [5, 5.41) is 12.5. The fourth-order valence-electron chi connectivity index (χ4n) is 4.14. The van der Waals surface area contributed by atoms with Crippen molar-refractivity contribution in [1.29, 1.82) is 0 Å². The third-order valence-corrected chi connectivity index (χ3v) is 5.56. The lowest BCUT2D eigenvalue weighted by molar-refractivity contribution is -0.150. The van der Waals surface area contributed by atoms with Gasteiger partial charge in [-0.3, -0.25) is 9.69 Å². The fraction of sp³-hybridized carbons (Fsp3) is 0.409. The SMILES string of the molecule is CC(=O)NC[C@@H]1[C@@H](c2ccc(-c3ccccc3F)cc2)[C@@H](CO)N1CCC(F)(F)F. The Kier molecular flexibility index (Phi) is 6.77. The minimum Gasteiger partial charge on any atom is -0.395 e. The molecule has 1 aliphatic rings. The first-order valence-corrected chi connectivity index (χ1v) is 9.74. The third kappa shape index (κ3) is 4.99. The van der Waals surface area contributed by atoms with Gasteiger partial charge >= 0.3 is 6.18 Å². The number of benzene rings is 2. The highest BCUT2D eigenvalue weighted by atomic mass is 19.4. The van der Waals surface area contributed by atoms with E-state index in [1.54, 1.807) is 47.4 Å². The maximum atomic E-state index is 14.0. The predicted octanol–water partition coefficient (Wildman–Crippen LogP) is 3.71. The molecule has 0 aromatic heterocycles. The number of halogens is 4. The number of carbonyl (C=O) groups excluding carboxylic acids is 1. The van der Waals surface area contributed by atoms with Gasteiger partial charge in [0.05, 0.1) is 13.0 Å². The monoisotopic (exact) mass is 424 g/mol. The first kappa shape index (κ1) is 22.2. The molecule has 0 spiro atoms. The van der Waals surface area contributed by atoms with Crippen LogP contribution in [0.4, 0.5) is 17.6 Å². The Hall–Kier alpha value is -2.45. The quantitative estimate of drug-likeness (QED) is 0.667. The second kappa shape index (κ2) is 9.14. The standard InChI is InChI=1S/C22H24F4N2O2/c1-14(30)27-12-19-21(20(13-29)28(19)11-10-22(24,25)26)16-8-6-15(7-9-16)17-4-2-3-5-18(17)23/h2-9,19-21,29H,10-13H2,1H3,(H,27,30)/t19-,20-,21-/m1/s1. The summed E-state index contributed by atoms with van der Waals surface area (Å²) in [6.07, 6.45) is -5.29. The van der Waals surface area contributed by atoms with Gasteiger partial charge in [0.2, 0.25) is 5.91 Å². The number of likely N-dealkylation sites (tertiary alicyclic amines) is 1. The Balaban J connectivity index is 1.82. The van der Waals surface area contributed by atoms with Crippen LogP contribution in [0.3, 0.4) is 0 Å². The highest BCUT2D eigenvalue weighted by Crippen LogP contribution is 2.41. The average molecular weight is 424 g/mol. The van der Waals surface area contributed by atoms with Gasteiger partial charge < -0.3 is 10.4 Å². The summed E-state index contributed by atoms with van der Waals surface area (Å²) in [7, 11) is 0. The Morgan fingerprint density at radius 3 is 2.33 bits per heavy atom. The van der Waals surface area contributed by atoms with E-state index in [1.807, 2.05) is 0 Å². The van der Waals surface area contributed by atoms with Crippen LogP contribution >= 0.6 is 0 Å². The molecule has 0 aliphatic carbocycles. The summed E-state index contributed by atoms with van der Waals surface area (Å²) < 4.78 is 52.2. The number of aliphatic hydroxyl groups excluding tert-OH is 1. The predicted molar refractivity (Wildman–Crippen MR) is 105 cm³/mol. The zero-order valence-electron chi connectivity index (χ0n) is 16.5. The number of hydrogen-bond donors (Lipinski definition) is 2. The number of hydrogen-bond acceptors (Lipinski definition) is 3. The van der Waals surface area contributed by atoms with E-state index in [-0.39, 0.29) is 43.4 Å². The molecule has 2 aromatic carbocycles. The molecule has 30 heavy (non-hydrogen) atoms. The molecule has 3 atom stereocenters. The molecule has 2 aromatic rings. The lowest BCUT2D eigenvalue weighted by Gasteiger charge is -2.55. The Bertz CT molecular complexity index is 870. The zero-order chi connectivity index (χ0) is 21.9. The van der Waals surface area contributed by atoms with Crippen LogP contribution in [0.1, 0.15) is 24.8 Å². The van der Waals surface area contributed by atoms with Crippen LogP contribution in [0, 0.1) is 5.82 Å². The van der Waals surface area contributed by atoms with E-state index >= 15 is 0 Å². The number of nitrogens with one attached hydrogen (secondary N) is 1. The van der Waals surface area contributed by atoms with Gasteiger partial charge in [0.25, 0.3) is 0 Å². The van der Waals surface area contributed by atoms with E-state index < -0.39 is 18.6 Å². The van der Waals surface area contributed by atoms with Crippen molar-refractivity contribution in [3.63, 3.8) is 0 Å². The summed E-state index contributed by atoms with van der Waals surface area (Å²) in [5.74, 6) is -0.861. The van der Waals surface area contributed by atoms with Gasteiger partial charge in [-0.1, -0.05) is 42.5 Å². The lowest BCUT2D eigenvalue weighted by Crippen LogP contribution is -2.67. The second-order valence-corrected chi connectivity index (χ2v) is 7.48. The number of amides is 1. The van der Waals surface area contributed by atoms with Crippen molar-refractivity contribution in [2.24, 2.45) is 0 Å². The highest BCUT2D eigenvalue weighted by Gasteiger charge is 2.49. The Labute approximate surface area is 172 Å². The molecule has 1 saturated heterocycles. The summed E-state index contributed by atoms with van der Waals surface area (Å²) in [6.45, 7) is 0.987. The van der Waals surface area contributed by atoms with E-state index in [0.717, 1.165) is 5.56 Å². The molecule has 1 fully saturated rings. The number of rotatable bonds is 7. The van der Waals surface area contributed by atoms with Crippen molar-refractivity contribution in [3.8, 4) is 11.1 Å². The Morgan fingerprint density at radius 2 is 1.77 bits per heavy atom. The number of nitrogens with zero attached hydrogens (tertiary/aromatic N) is 1. The molecule has 1 heterocycles. The maximum absolute atomic E-state index is 14.0.